The van der Waals surface area contributed by atoms with Crippen molar-refractivity contribution in [3.8, 4) is 27.9 Å². The van der Waals surface area contributed by atoms with E-state index in [1.807, 2.05) is 65.2 Å². The lowest BCUT2D eigenvalue weighted by atomic mass is 10.0. The van der Waals surface area contributed by atoms with E-state index >= 15 is 0 Å². The van der Waals surface area contributed by atoms with Crippen LogP contribution < -0.4 is 4.90 Å². The van der Waals surface area contributed by atoms with Gasteiger partial charge in [-0.1, -0.05) is 97.1 Å². The van der Waals surface area contributed by atoms with Gasteiger partial charge in [-0.25, -0.2) is 8.78 Å². The quantitative estimate of drug-likeness (QED) is 0.168. The summed E-state index contributed by atoms with van der Waals surface area (Å²) in [5.41, 5.74) is 9.87. The highest BCUT2D eigenvalue weighted by Gasteiger charge is 2.20. The van der Waals surface area contributed by atoms with Crippen molar-refractivity contribution in [2.75, 3.05) is 4.90 Å². The maximum absolute atomic E-state index is 14.9. The van der Waals surface area contributed by atoms with Crippen LogP contribution in [0.2, 0.25) is 0 Å². The molecule has 0 bridgehead atoms. The third kappa shape index (κ3) is 4.69. The minimum Gasteiger partial charge on any atom is -0.311 e. The highest BCUT2D eigenvalue weighted by Crippen LogP contribution is 2.41. The summed E-state index contributed by atoms with van der Waals surface area (Å²) in [7, 11) is 0. The van der Waals surface area contributed by atoms with Crippen LogP contribution in [0.15, 0.2) is 170 Å². The molecule has 8 aromatic carbocycles. The molecule has 0 atom stereocenters. The Morgan fingerprint density at radius 1 is 0.375 bits per heavy atom. The van der Waals surface area contributed by atoms with Gasteiger partial charge in [-0.3, -0.25) is 0 Å². The normalized spacial score (nSPS) is 11.5. The SMILES string of the molecule is Fc1cc2ccc3cc(F)cc4c3c2c(c1)n4-c1ccc(N(c2ccc(-c3ccccc3)cc2)c2ccc(-c3ccccc3)cc2)cc1. The van der Waals surface area contributed by atoms with Gasteiger partial charge < -0.3 is 9.47 Å². The van der Waals surface area contributed by atoms with Gasteiger partial charge in [-0.2, -0.15) is 0 Å². The van der Waals surface area contributed by atoms with Crippen molar-refractivity contribution in [3.63, 3.8) is 0 Å². The van der Waals surface area contributed by atoms with Gasteiger partial charge in [0.2, 0.25) is 0 Å². The predicted octanol–water partition coefficient (Wildman–Crippen LogP) is 12.5. The molecule has 2 nitrogen and oxygen atoms in total. The van der Waals surface area contributed by atoms with Crippen molar-refractivity contribution >= 4 is 49.6 Å². The molecule has 48 heavy (non-hydrogen) atoms. The van der Waals surface area contributed by atoms with Crippen molar-refractivity contribution in [3.05, 3.63) is 181 Å². The second-order valence-corrected chi connectivity index (χ2v) is 12.1. The molecule has 0 saturated carbocycles. The van der Waals surface area contributed by atoms with Crippen LogP contribution in [0.4, 0.5) is 25.8 Å². The highest BCUT2D eigenvalue weighted by atomic mass is 19.1. The van der Waals surface area contributed by atoms with Gasteiger partial charge in [0.25, 0.3) is 0 Å². The first kappa shape index (κ1) is 28.0. The molecule has 0 aliphatic heterocycles. The van der Waals surface area contributed by atoms with Gasteiger partial charge in [-0.05, 0) is 106 Å². The number of nitrogens with zero attached hydrogens (tertiary/aromatic N) is 2. The molecule has 1 heterocycles. The van der Waals surface area contributed by atoms with E-state index in [1.165, 1.54) is 0 Å². The van der Waals surface area contributed by atoms with Crippen LogP contribution in [0.5, 0.6) is 0 Å². The Morgan fingerprint density at radius 3 is 1.17 bits per heavy atom. The lowest BCUT2D eigenvalue weighted by molar-refractivity contribution is 0.630. The van der Waals surface area contributed by atoms with E-state index in [4.69, 9.17) is 0 Å². The standard InChI is InChI=1S/C44H28F2N2/c45-35-25-33-11-12-34-26-36(46)28-42-44(34)43(33)41(27-35)48(42)40-23-21-39(22-24-40)47(37-17-13-31(14-18-37)29-7-3-1-4-8-29)38-19-15-32(16-20-38)30-9-5-2-6-10-30/h1-28H. The summed E-state index contributed by atoms with van der Waals surface area (Å²) in [6.45, 7) is 0. The van der Waals surface area contributed by atoms with E-state index in [-0.39, 0.29) is 11.6 Å². The summed E-state index contributed by atoms with van der Waals surface area (Å²) in [6, 6.07) is 56.0. The van der Waals surface area contributed by atoms with Crippen molar-refractivity contribution in [1.29, 1.82) is 0 Å². The Morgan fingerprint density at radius 2 is 0.750 bits per heavy atom. The van der Waals surface area contributed by atoms with Crippen LogP contribution in [-0.2, 0) is 0 Å². The van der Waals surface area contributed by atoms with Gasteiger partial charge in [0.15, 0.2) is 0 Å². The van der Waals surface area contributed by atoms with Crippen LogP contribution >= 0.6 is 0 Å². The molecule has 0 radical (unpaired) electrons. The van der Waals surface area contributed by atoms with Crippen LogP contribution in [-0.4, -0.2) is 4.57 Å². The molecule has 0 fully saturated rings. The zero-order valence-corrected chi connectivity index (χ0v) is 25.8. The Balaban J connectivity index is 1.17. The molecule has 228 valence electrons. The Labute approximate surface area is 276 Å². The van der Waals surface area contributed by atoms with E-state index in [1.54, 1.807) is 24.3 Å². The number of hydrogen-bond donors (Lipinski definition) is 0. The average molecular weight is 623 g/mol. The van der Waals surface area contributed by atoms with Gasteiger partial charge in [-0.15, -0.1) is 0 Å². The molecule has 9 rings (SSSR count). The van der Waals surface area contributed by atoms with Gasteiger partial charge in [0, 0.05) is 33.5 Å². The smallest absolute Gasteiger partial charge is 0.125 e. The average Bonchev–Trinajstić information content (AvgIpc) is 3.46. The number of rotatable bonds is 6. The van der Waals surface area contributed by atoms with E-state index < -0.39 is 0 Å². The maximum Gasteiger partial charge on any atom is 0.125 e. The second kappa shape index (κ2) is 11.2. The fourth-order valence-corrected chi connectivity index (χ4v) is 7.04. The molecule has 4 heteroatoms. The van der Waals surface area contributed by atoms with E-state index in [2.05, 4.69) is 89.8 Å². The first-order valence-electron chi connectivity index (χ1n) is 16.0. The van der Waals surface area contributed by atoms with Crippen LogP contribution in [0.3, 0.4) is 0 Å². The van der Waals surface area contributed by atoms with Gasteiger partial charge >= 0.3 is 0 Å². The largest absolute Gasteiger partial charge is 0.311 e. The molecule has 1 aromatic heterocycles. The summed E-state index contributed by atoms with van der Waals surface area (Å²) >= 11 is 0. The minimum atomic E-state index is -0.323. The molecule has 0 N–H and O–H groups in total. The topological polar surface area (TPSA) is 8.17 Å². The van der Waals surface area contributed by atoms with Crippen molar-refractivity contribution < 1.29 is 8.78 Å². The number of hydrogen-bond acceptors (Lipinski definition) is 1. The first-order valence-corrected chi connectivity index (χ1v) is 16.0. The molecule has 0 spiro atoms. The molecule has 0 aliphatic rings. The van der Waals surface area contributed by atoms with Gasteiger partial charge in [0.1, 0.15) is 11.6 Å². The summed E-state index contributed by atoms with van der Waals surface area (Å²) in [5.74, 6) is -0.647. The molecule has 0 aliphatic carbocycles. The zero-order chi connectivity index (χ0) is 32.2. The lowest BCUT2D eigenvalue weighted by Gasteiger charge is -2.26. The molecule has 0 amide bonds. The fraction of sp³-hybridized carbons (Fsp3) is 0. The van der Waals surface area contributed by atoms with Gasteiger partial charge in [0.05, 0.1) is 11.0 Å². The van der Waals surface area contributed by atoms with Crippen molar-refractivity contribution in [2.24, 2.45) is 0 Å². The van der Waals surface area contributed by atoms with E-state index in [0.29, 0.717) is 11.0 Å². The van der Waals surface area contributed by atoms with Crippen LogP contribution in [0, 0.1) is 11.6 Å². The molecule has 0 saturated heterocycles. The van der Waals surface area contributed by atoms with Crippen molar-refractivity contribution in [1.82, 2.24) is 4.57 Å². The predicted molar refractivity (Wildman–Crippen MR) is 195 cm³/mol. The number of halogens is 2. The maximum atomic E-state index is 14.9. The number of anilines is 3. The van der Waals surface area contributed by atoms with E-state index in [9.17, 15) is 8.78 Å². The Bertz CT molecular complexity index is 2380. The van der Waals surface area contributed by atoms with Crippen molar-refractivity contribution in [2.45, 2.75) is 0 Å². The minimum absolute atomic E-state index is 0.323. The third-order valence-corrected chi connectivity index (χ3v) is 9.23. The lowest BCUT2D eigenvalue weighted by Crippen LogP contribution is -2.10. The Hall–Kier alpha value is -6.26. The van der Waals surface area contributed by atoms with Crippen LogP contribution in [0.1, 0.15) is 0 Å². The monoisotopic (exact) mass is 622 g/mol. The summed E-state index contributed by atoms with van der Waals surface area (Å²) in [6.07, 6.45) is 0. The zero-order valence-electron chi connectivity index (χ0n) is 25.8. The van der Waals surface area contributed by atoms with E-state index in [0.717, 1.165) is 66.5 Å². The summed E-state index contributed by atoms with van der Waals surface area (Å²) in [4.78, 5) is 2.23. The van der Waals surface area contributed by atoms with Crippen LogP contribution in [0.25, 0.3) is 60.5 Å². The fourth-order valence-electron chi connectivity index (χ4n) is 7.04. The number of aromatic nitrogens is 1. The molecule has 9 aromatic rings. The Kier molecular flexibility index (Phi) is 6.54. The summed E-state index contributed by atoms with van der Waals surface area (Å²) < 4.78 is 31.8. The molecular weight excluding hydrogens is 594 g/mol. The molecule has 0 unspecified atom stereocenters. The number of benzene rings is 8. The highest BCUT2D eigenvalue weighted by molar-refractivity contribution is 6.24. The summed E-state index contributed by atoms with van der Waals surface area (Å²) in [5, 5.41) is 3.47. The molecular formula is C44H28F2N2. The first-order chi connectivity index (χ1) is 23.6. The third-order valence-electron chi connectivity index (χ3n) is 9.23. The second-order valence-electron chi connectivity index (χ2n) is 12.1.